The van der Waals surface area contributed by atoms with E-state index in [1.807, 2.05) is 0 Å². The summed E-state index contributed by atoms with van der Waals surface area (Å²) >= 11 is 0. The van der Waals surface area contributed by atoms with Crippen LogP contribution in [-0.4, -0.2) is 39.9 Å². The van der Waals surface area contributed by atoms with E-state index in [0.717, 1.165) is 0 Å². The van der Waals surface area contributed by atoms with Gasteiger partial charge in [-0.3, -0.25) is 24.6 Å². The predicted octanol–water partition coefficient (Wildman–Crippen LogP) is -0.415. The van der Waals surface area contributed by atoms with Gasteiger partial charge >= 0.3 is 0 Å². The standard InChI is InChI=1S/C13H17N3O3/c1-13(2)12(19)16(11(18)9-14-13)8-7-15-6-4-3-5-10(15)17/h3-6,14H,7-9H2,1-2H3. The summed E-state index contributed by atoms with van der Waals surface area (Å²) in [4.78, 5) is 36.6. The maximum absolute atomic E-state index is 12.1. The van der Waals surface area contributed by atoms with Gasteiger partial charge in [-0.2, -0.15) is 0 Å². The smallest absolute Gasteiger partial charge is 0.250 e. The molecule has 19 heavy (non-hydrogen) atoms. The topological polar surface area (TPSA) is 71.4 Å². The highest BCUT2D eigenvalue weighted by Gasteiger charge is 2.39. The number of hydrogen-bond donors (Lipinski definition) is 1. The summed E-state index contributed by atoms with van der Waals surface area (Å²) < 4.78 is 1.48. The molecule has 1 aliphatic rings. The van der Waals surface area contributed by atoms with E-state index in [4.69, 9.17) is 0 Å². The third kappa shape index (κ3) is 2.73. The van der Waals surface area contributed by atoms with E-state index in [0.29, 0.717) is 6.54 Å². The molecule has 1 fully saturated rings. The number of carbonyl (C=O) groups excluding carboxylic acids is 2. The molecule has 1 N–H and O–H groups in total. The van der Waals surface area contributed by atoms with Gasteiger partial charge in [0.2, 0.25) is 11.8 Å². The Balaban J connectivity index is 2.10. The zero-order chi connectivity index (χ0) is 14.0. The summed E-state index contributed by atoms with van der Waals surface area (Å²) in [7, 11) is 0. The van der Waals surface area contributed by atoms with Crippen LogP contribution in [0.3, 0.4) is 0 Å². The van der Waals surface area contributed by atoms with E-state index in [1.165, 1.54) is 15.5 Å². The number of nitrogens with one attached hydrogen (secondary N) is 1. The van der Waals surface area contributed by atoms with Gasteiger partial charge in [-0.1, -0.05) is 6.07 Å². The minimum Gasteiger partial charge on any atom is -0.314 e. The first kappa shape index (κ1) is 13.5. The maximum Gasteiger partial charge on any atom is 0.250 e. The van der Waals surface area contributed by atoms with Crippen LogP contribution in [0.2, 0.25) is 0 Å². The number of pyridine rings is 1. The fourth-order valence-electron chi connectivity index (χ4n) is 2.00. The van der Waals surface area contributed by atoms with Crippen molar-refractivity contribution in [3.63, 3.8) is 0 Å². The van der Waals surface area contributed by atoms with Crippen LogP contribution in [0, 0.1) is 0 Å². The van der Waals surface area contributed by atoms with Gasteiger partial charge in [0.15, 0.2) is 0 Å². The summed E-state index contributed by atoms with van der Waals surface area (Å²) in [6, 6.07) is 4.85. The molecule has 6 nitrogen and oxygen atoms in total. The first-order valence-corrected chi connectivity index (χ1v) is 6.17. The summed E-state index contributed by atoms with van der Waals surface area (Å²) in [5, 5.41) is 2.89. The first-order valence-electron chi connectivity index (χ1n) is 6.17. The summed E-state index contributed by atoms with van der Waals surface area (Å²) in [5.74, 6) is -0.513. The van der Waals surface area contributed by atoms with Gasteiger partial charge in [0, 0.05) is 25.4 Å². The molecule has 0 aromatic carbocycles. The molecule has 1 aliphatic heterocycles. The Morgan fingerprint density at radius 1 is 1.21 bits per heavy atom. The number of nitrogens with zero attached hydrogens (tertiary/aromatic N) is 2. The summed E-state index contributed by atoms with van der Waals surface area (Å²) in [6.45, 7) is 4.15. The van der Waals surface area contributed by atoms with Crippen molar-refractivity contribution < 1.29 is 9.59 Å². The van der Waals surface area contributed by atoms with E-state index in [2.05, 4.69) is 5.32 Å². The molecule has 0 saturated carbocycles. The zero-order valence-corrected chi connectivity index (χ0v) is 11.0. The number of rotatable bonds is 3. The van der Waals surface area contributed by atoms with Crippen molar-refractivity contribution in [1.82, 2.24) is 14.8 Å². The molecule has 0 atom stereocenters. The van der Waals surface area contributed by atoms with Crippen LogP contribution >= 0.6 is 0 Å². The first-order chi connectivity index (χ1) is 8.92. The van der Waals surface area contributed by atoms with Gasteiger partial charge in [-0.25, -0.2) is 0 Å². The van der Waals surface area contributed by atoms with E-state index in [9.17, 15) is 14.4 Å². The normalized spacial score (nSPS) is 18.7. The number of carbonyl (C=O) groups is 2. The lowest BCUT2D eigenvalue weighted by atomic mass is 10.0. The highest BCUT2D eigenvalue weighted by Crippen LogP contribution is 2.13. The number of aromatic nitrogens is 1. The van der Waals surface area contributed by atoms with Gasteiger partial charge in [0.1, 0.15) is 0 Å². The summed E-state index contributed by atoms with van der Waals surface area (Å²) in [6.07, 6.45) is 1.64. The van der Waals surface area contributed by atoms with Crippen LogP contribution in [0.15, 0.2) is 29.2 Å². The number of hydrogen-bond acceptors (Lipinski definition) is 4. The second-order valence-electron chi connectivity index (χ2n) is 5.06. The molecule has 0 radical (unpaired) electrons. The predicted molar refractivity (Wildman–Crippen MR) is 69.5 cm³/mol. The minimum absolute atomic E-state index is 0.141. The molecule has 0 bridgehead atoms. The average Bonchev–Trinajstić information content (AvgIpc) is 2.37. The highest BCUT2D eigenvalue weighted by atomic mass is 16.2. The lowest BCUT2D eigenvalue weighted by molar-refractivity contribution is -0.152. The molecule has 2 rings (SSSR count). The fourth-order valence-corrected chi connectivity index (χ4v) is 2.00. The van der Waals surface area contributed by atoms with Crippen LogP contribution in [0.1, 0.15) is 13.8 Å². The van der Waals surface area contributed by atoms with Crippen LogP contribution in [0.25, 0.3) is 0 Å². The van der Waals surface area contributed by atoms with Crippen LogP contribution < -0.4 is 10.9 Å². The maximum atomic E-state index is 12.1. The van der Waals surface area contributed by atoms with Crippen molar-refractivity contribution in [1.29, 1.82) is 0 Å². The minimum atomic E-state index is -0.741. The molecule has 1 saturated heterocycles. The fraction of sp³-hybridized carbons (Fsp3) is 0.462. The van der Waals surface area contributed by atoms with E-state index < -0.39 is 5.54 Å². The SMILES string of the molecule is CC1(C)NCC(=O)N(CCn2ccccc2=O)C1=O. The Morgan fingerprint density at radius 2 is 1.95 bits per heavy atom. The van der Waals surface area contributed by atoms with Gasteiger partial charge in [0.05, 0.1) is 12.1 Å². The monoisotopic (exact) mass is 263 g/mol. The van der Waals surface area contributed by atoms with Gasteiger partial charge in [-0.15, -0.1) is 0 Å². The van der Waals surface area contributed by atoms with E-state index in [1.54, 1.807) is 32.2 Å². The quantitative estimate of drug-likeness (QED) is 0.752. The lowest BCUT2D eigenvalue weighted by Gasteiger charge is -2.36. The third-order valence-corrected chi connectivity index (χ3v) is 3.23. The molecule has 2 heterocycles. The van der Waals surface area contributed by atoms with Crippen LogP contribution in [-0.2, 0) is 16.1 Å². The van der Waals surface area contributed by atoms with E-state index in [-0.39, 0.29) is 30.5 Å². The van der Waals surface area contributed by atoms with Crippen LogP contribution in [0.5, 0.6) is 0 Å². The van der Waals surface area contributed by atoms with Crippen molar-refractivity contribution in [2.75, 3.05) is 13.1 Å². The Kier molecular flexibility index (Phi) is 3.53. The molecule has 1 aromatic heterocycles. The van der Waals surface area contributed by atoms with Gasteiger partial charge in [0.25, 0.3) is 5.56 Å². The molecule has 0 spiro atoms. The van der Waals surface area contributed by atoms with E-state index >= 15 is 0 Å². The summed E-state index contributed by atoms with van der Waals surface area (Å²) in [5.41, 5.74) is -0.882. The molecular weight excluding hydrogens is 246 g/mol. The lowest BCUT2D eigenvalue weighted by Crippen LogP contribution is -2.64. The Hall–Kier alpha value is -1.95. The molecule has 0 aliphatic carbocycles. The molecule has 6 heteroatoms. The second kappa shape index (κ2) is 4.97. The van der Waals surface area contributed by atoms with Crippen molar-refractivity contribution >= 4 is 11.8 Å². The zero-order valence-electron chi connectivity index (χ0n) is 11.0. The van der Waals surface area contributed by atoms with Crippen molar-refractivity contribution in [2.24, 2.45) is 0 Å². The van der Waals surface area contributed by atoms with Crippen LogP contribution in [0.4, 0.5) is 0 Å². The largest absolute Gasteiger partial charge is 0.314 e. The molecule has 1 aromatic rings. The highest BCUT2D eigenvalue weighted by molar-refractivity contribution is 6.02. The van der Waals surface area contributed by atoms with Crippen molar-refractivity contribution in [3.05, 3.63) is 34.7 Å². The van der Waals surface area contributed by atoms with Crippen molar-refractivity contribution in [2.45, 2.75) is 25.9 Å². The average molecular weight is 263 g/mol. The van der Waals surface area contributed by atoms with Gasteiger partial charge in [-0.05, 0) is 19.9 Å². The third-order valence-electron chi connectivity index (χ3n) is 3.23. The Bertz CT molecular complexity index is 562. The molecule has 102 valence electrons. The van der Waals surface area contributed by atoms with Crippen molar-refractivity contribution in [3.8, 4) is 0 Å². The number of amides is 2. The number of imide groups is 1. The molecule has 2 amide bonds. The number of piperazine rings is 1. The molecule has 0 unspecified atom stereocenters. The Morgan fingerprint density at radius 3 is 2.63 bits per heavy atom. The second-order valence-corrected chi connectivity index (χ2v) is 5.06. The van der Waals surface area contributed by atoms with Gasteiger partial charge < -0.3 is 4.57 Å². The molecular formula is C13H17N3O3. The Labute approximate surface area is 111 Å².